The molecule has 1 amide bonds. The normalized spacial score (nSPS) is 10.9. The Morgan fingerprint density at radius 1 is 1.12 bits per heavy atom. The first-order chi connectivity index (χ1) is 11.6. The summed E-state index contributed by atoms with van der Waals surface area (Å²) in [4.78, 5) is 16.6. The van der Waals surface area contributed by atoms with Crippen LogP contribution in [0.1, 0.15) is 28.1 Å². The van der Waals surface area contributed by atoms with Crippen molar-refractivity contribution in [1.82, 2.24) is 10.3 Å². The zero-order valence-corrected chi connectivity index (χ0v) is 15.0. The molecule has 0 atom stereocenters. The fraction of sp³-hybridized carbons (Fsp3) is 0.300. The van der Waals surface area contributed by atoms with Crippen LogP contribution in [0.5, 0.6) is 0 Å². The molecule has 24 heavy (non-hydrogen) atoms. The van der Waals surface area contributed by atoms with Gasteiger partial charge in [-0.3, -0.25) is 4.79 Å². The lowest BCUT2D eigenvalue weighted by Gasteiger charge is -2.07. The number of nitrogens with zero attached hydrogens (tertiary/aromatic N) is 1. The van der Waals surface area contributed by atoms with Crippen LogP contribution >= 0.6 is 11.3 Å². The summed E-state index contributed by atoms with van der Waals surface area (Å²) in [5.41, 5.74) is 4.81. The van der Waals surface area contributed by atoms with E-state index in [1.807, 2.05) is 18.2 Å². The molecule has 2 aromatic carbocycles. The van der Waals surface area contributed by atoms with Gasteiger partial charge in [0.2, 0.25) is 5.91 Å². The van der Waals surface area contributed by atoms with Crippen LogP contribution < -0.4 is 5.32 Å². The molecular weight excluding hydrogens is 316 g/mol. The van der Waals surface area contributed by atoms with Gasteiger partial charge in [-0.2, -0.15) is 0 Å². The Hall–Kier alpha value is -2.20. The van der Waals surface area contributed by atoms with E-state index in [1.54, 1.807) is 11.3 Å². The molecule has 3 rings (SSSR count). The van der Waals surface area contributed by atoms with E-state index in [1.165, 1.54) is 21.4 Å². The predicted molar refractivity (Wildman–Crippen MR) is 101 cm³/mol. The van der Waals surface area contributed by atoms with Crippen molar-refractivity contribution in [3.05, 3.63) is 64.2 Å². The maximum absolute atomic E-state index is 12.0. The Morgan fingerprint density at radius 2 is 1.96 bits per heavy atom. The number of amides is 1. The van der Waals surface area contributed by atoms with Crippen LogP contribution in [0.15, 0.2) is 42.5 Å². The van der Waals surface area contributed by atoms with Crippen molar-refractivity contribution in [2.45, 2.75) is 33.1 Å². The molecule has 4 heteroatoms. The van der Waals surface area contributed by atoms with Gasteiger partial charge >= 0.3 is 0 Å². The van der Waals surface area contributed by atoms with Crippen molar-refractivity contribution < 1.29 is 4.79 Å². The number of aromatic nitrogens is 1. The summed E-state index contributed by atoms with van der Waals surface area (Å²) in [5, 5.41) is 4.08. The molecule has 124 valence electrons. The minimum Gasteiger partial charge on any atom is -0.356 e. The third-order valence-electron chi connectivity index (χ3n) is 4.12. The van der Waals surface area contributed by atoms with Gasteiger partial charge in [0.25, 0.3) is 0 Å². The molecule has 1 N–H and O–H groups in total. The summed E-state index contributed by atoms with van der Waals surface area (Å²) in [5.74, 6) is 0.107. The Bertz CT molecular complexity index is 821. The highest BCUT2D eigenvalue weighted by Crippen LogP contribution is 2.21. The molecule has 0 fully saturated rings. The van der Waals surface area contributed by atoms with E-state index in [2.05, 4.69) is 48.4 Å². The third kappa shape index (κ3) is 4.20. The van der Waals surface area contributed by atoms with Gasteiger partial charge in [0, 0.05) is 19.4 Å². The van der Waals surface area contributed by atoms with Gasteiger partial charge in [0.15, 0.2) is 0 Å². The zero-order valence-electron chi connectivity index (χ0n) is 14.1. The summed E-state index contributed by atoms with van der Waals surface area (Å²) < 4.78 is 1.20. The number of aryl methyl sites for hydroxylation is 3. The Labute approximate surface area is 146 Å². The molecule has 0 saturated carbocycles. The highest BCUT2D eigenvalue weighted by molar-refractivity contribution is 7.18. The summed E-state index contributed by atoms with van der Waals surface area (Å²) in [6, 6.07) is 14.5. The van der Waals surface area contributed by atoms with Crippen LogP contribution in [0.2, 0.25) is 0 Å². The first-order valence-corrected chi connectivity index (χ1v) is 9.11. The maximum Gasteiger partial charge on any atom is 0.220 e. The second kappa shape index (κ2) is 7.58. The molecule has 0 spiro atoms. The van der Waals surface area contributed by atoms with Gasteiger partial charge in [-0.15, -0.1) is 11.3 Å². The molecule has 0 saturated heterocycles. The fourth-order valence-corrected chi connectivity index (χ4v) is 3.77. The molecule has 0 aliphatic heterocycles. The van der Waals surface area contributed by atoms with Crippen LogP contribution in [0.25, 0.3) is 10.2 Å². The van der Waals surface area contributed by atoms with Crippen molar-refractivity contribution in [2.75, 3.05) is 6.54 Å². The lowest BCUT2D eigenvalue weighted by atomic mass is 10.0. The molecule has 0 bridgehead atoms. The van der Waals surface area contributed by atoms with Crippen molar-refractivity contribution in [3.8, 4) is 0 Å². The molecule has 3 aromatic rings. The number of nitrogens with one attached hydrogen (secondary N) is 1. The number of hydrogen-bond donors (Lipinski definition) is 1. The molecule has 0 aliphatic rings. The minimum atomic E-state index is 0.107. The SMILES string of the molecule is Cc1ccc(CCC(=O)NCCc2nc3ccccc3s2)c(C)c1. The van der Waals surface area contributed by atoms with Gasteiger partial charge in [-0.1, -0.05) is 35.9 Å². The highest BCUT2D eigenvalue weighted by Gasteiger charge is 2.06. The Kier molecular flexibility index (Phi) is 5.26. The van der Waals surface area contributed by atoms with E-state index in [0.717, 1.165) is 23.4 Å². The highest BCUT2D eigenvalue weighted by atomic mass is 32.1. The van der Waals surface area contributed by atoms with E-state index >= 15 is 0 Å². The number of para-hydroxylation sites is 1. The maximum atomic E-state index is 12.0. The molecule has 0 radical (unpaired) electrons. The number of benzene rings is 2. The Balaban J connectivity index is 1.45. The lowest BCUT2D eigenvalue weighted by Crippen LogP contribution is -2.25. The van der Waals surface area contributed by atoms with Crippen LogP contribution in [0.3, 0.4) is 0 Å². The molecule has 0 aliphatic carbocycles. The Morgan fingerprint density at radius 3 is 2.75 bits per heavy atom. The van der Waals surface area contributed by atoms with E-state index in [4.69, 9.17) is 0 Å². The fourth-order valence-electron chi connectivity index (χ4n) is 2.80. The second-order valence-corrected chi connectivity index (χ2v) is 7.22. The van der Waals surface area contributed by atoms with Crippen molar-refractivity contribution in [2.24, 2.45) is 0 Å². The third-order valence-corrected chi connectivity index (χ3v) is 5.21. The zero-order chi connectivity index (χ0) is 16.9. The van der Waals surface area contributed by atoms with Crippen molar-refractivity contribution in [3.63, 3.8) is 0 Å². The molecular formula is C20H22N2OS. The number of thiazole rings is 1. The topological polar surface area (TPSA) is 42.0 Å². The smallest absolute Gasteiger partial charge is 0.220 e. The van der Waals surface area contributed by atoms with Crippen LogP contribution in [-0.2, 0) is 17.6 Å². The first kappa shape index (κ1) is 16.7. The van der Waals surface area contributed by atoms with Crippen LogP contribution in [0, 0.1) is 13.8 Å². The summed E-state index contributed by atoms with van der Waals surface area (Å²) in [6.45, 7) is 4.84. The standard InChI is InChI=1S/C20H22N2OS/c1-14-7-8-16(15(2)13-14)9-10-19(23)21-12-11-20-22-17-5-3-4-6-18(17)24-20/h3-8,13H,9-12H2,1-2H3,(H,21,23). The number of fused-ring (bicyclic) bond motifs is 1. The van der Waals surface area contributed by atoms with Gasteiger partial charge in [-0.05, 0) is 43.5 Å². The second-order valence-electron chi connectivity index (χ2n) is 6.11. The molecule has 0 unspecified atom stereocenters. The van der Waals surface area contributed by atoms with Gasteiger partial charge in [-0.25, -0.2) is 4.98 Å². The van der Waals surface area contributed by atoms with Gasteiger partial charge in [0.05, 0.1) is 15.2 Å². The number of rotatable bonds is 6. The predicted octanol–water partition coefficient (Wildman–Crippen LogP) is 4.20. The average molecular weight is 338 g/mol. The molecule has 1 aromatic heterocycles. The summed E-state index contributed by atoms with van der Waals surface area (Å²) in [7, 11) is 0. The number of carbonyl (C=O) groups is 1. The van der Waals surface area contributed by atoms with Crippen LogP contribution in [0.4, 0.5) is 0 Å². The van der Waals surface area contributed by atoms with E-state index in [0.29, 0.717) is 13.0 Å². The quantitative estimate of drug-likeness (QED) is 0.732. The molecule has 1 heterocycles. The van der Waals surface area contributed by atoms with Gasteiger partial charge < -0.3 is 5.32 Å². The first-order valence-electron chi connectivity index (χ1n) is 8.29. The average Bonchev–Trinajstić information content (AvgIpc) is 2.96. The summed E-state index contributed by atoms with van der Waals surface area (Å²) in [6.07, 6.45) is 2.11. The van der Waals surface area contributed by atoms with E-state index in [9.17, 15) is 4.79 Å². The minimum absolute atomic E-state index is 0.107. The van der Waals surface area contributed by atoms with Crippen molar-refractivity contribution >= 4 is 27.5 Å². The van der Waals surface area contributed by atoms with Crippen LogP contribution in [-0.4, -0.2) is 17.4 Å². The van der Waals surface area contributed by atoms with Gasteiger partial charge in [0.1, 0.15) is 0 Å². The number of carbonyl (C=O) groups excluding carboxylic acids is 1. The number of hydrogen-bond acceptors (Lipinski definition) is 3. The monoisotopic (exact) mass is 338 g/mol. The summed E-state index contributed by atoms with van der Waals surface area (Å²) >= 11 is 1.70. The van der Waals surface area contributed by atoms with E-state index < -0.39 is 0 Å². The largest absolute Gasteiger partial charge is 0.356 e. The molecule has 3 nitrogen and oxygen atoms in total. The lowest BCUT2D eigenvalue weighted by molar-refractivity contribution is -0.121. The van der Waals surface area contributed by atoms with Crippen molar-refractivity contribution in [1.29, 1.82) is 0 Å². The van der Waals surface area contributed by atoms with E-state index in [-0.39, 0.29) is 5.91 Å².